The minimum absolute atomic E-state index is 0.171. The van der Waals surface area contributed by atoms with Crippen LogP contribution in [-0.2, 0) is 4.74 Å². The summed E-state index contributed by atoms with van der Waals surface area (Å²) in [6, 6.07) is 6.21. The zero-order chi connectivity index (χ0) is 11.3. The van der Waals surface area contributed by atoms with Gasteiger partial charge >= 0.3 is 12.2 Å². The number of hydrogen-bond acceptors (Lipinski definition) is 4. The molecule has 0 spiro atoms. The summed E-state index contributed by atoms with van der Waals surface area (Å²) in [5.41, 5.74) is 6.89. The highest BCUT2D eigenvalue weighted by Gasteiger charge is 2.18. The Morgan fingerprint density at radius 1 is 1.33 bits per heavy atom. The lowest BCUT2D eigenvalue weighted by molar-refractivity contribution is -0.111. The molecule has 1 aromatic carbocycles. The number of nitrogens with one attached hydrogen (secondary N) is 1. The van der Waals surface area contributed by atoms with Gasteiger partial charge in [0.25, 0.3) is 5.78 Å². The zero-order valence-electron chi connectivity index (χ0n) is 8.06. The maximum absolute atomic E-state index is 11.4. The summed E-state index contributed by atoms with van der Waals surface area (Å²) in [7, 11) is 1.24. The number of esters is 1. The first-order valence-corrected chi connectivity index (χ1v) is 4.12. The monoisotopic (exact) mass is 205 g/mol. The molecule has 1 N–H and O–H groups in total. The molecule has 0 heterocycles. The summed E-state index contributed by atoms with van der Waals surface area (Å²) in [5.74, 6) is -1.08. The number of benzene rings is 1. The fraction of sp³-hybridized carbons (Fsp3) is 0.100. The minimum Gasteiger partial charge on any atom is -0.465 e. The highest BCUT2D eigenvalue weighted by molar-refractivity contribution is 6.35. The number of hydrogen-bond donors (Lipinski definition) is 1. The van der Waals surface area contributed by atoms with Crippen molar-refractivity contribution in [2.75, 3.05) is 7.11 Å². The van der Waals surface area contributed by atoms with Crippen molar-refractivity contribution >= 4 is 18.0 Å². The summed E-state index contributed by atoms with van der Waals surface area (Å²) in [5, 5.41) is 0. The van der Waals surface area contributed by atoms with Gasteiger partial charge < -0.3 is 4.74 Å². The smallest absolute Gasteiger partial charge is 0.377 e. The number of ether oxygens (including phenoxy) is 1. The molecular formula is C10H9N2O3+. The Labute approximate surface area is 85.9 Å². The second kappa shape index (κ2) is 4.83. The van der Waals surface area contributed by atoms with E-state index >= 15 is 0 Å². The van der Waals surface area contributed by atoms with Crippen LogP contribution in [0.1, 0.15) is 20.7 Å². The SMILES string of the molecule is COC(=O)c1ccccc1C(=O)C=[N+]=N. The number of nitrogens with zero attached hydrogens (tertiary/aromatic N) is 1. The summed E-state index contributed by atoms with van der Waals surface area (Å²) in [6.07, 6.45) is 0.835. The van der Waals surface area contributed by atoms with Crippen molar-refractivity contribution < 1.29 is 19.1 Å². The van der Waals surface area contributed by atoms with Gasteiger partial charge in [-0.3, -0.25) is 4.79 Å². The first kappa shape index (κ1) is 10.8. The predicted molar refractivity (Wildman–Crippen MR) is 51.2 cm³/mol. The number of rotatable bonds is 3. The number of ketones is 1. The van der Waals surface area contributed by atoms with Crippen LogP contribution in [0.3, 0.4) is 0 Å². The van der Waals surface area contributed by atoms with Gasteiger partial charge in [0.05, 0.1) is 23.0 Å². The summed E-state index contributed by atoms with van der Waals surface area (Å²) in [4.78, 5) is 25.5. The van der Waals surface area contributed by atoms with E-state index in [0.717, 1.165) is 6.21 Å². The van der Waals surface area contributed by atoms with Crippen LogP contribution in [0, 0.1) is 5.53 Å². The van der Waals surface area contributed by atoms with Crippen molar-refractivity contribution in [1.82, 2.24) is 0 Å². The Morgan fingerprint density at radius 3 is 2.47 bits per heavy atom. The fourth-order valence-corrected chi connectivity index (χ4v) is 1.11. The molecule has 0 atom stereocenters. The summed E-state index contributed by atoms with van der Waals surface area (Å²) >= 11 is 0. The van der Waals surface area contributed by atoms with Crippen LogP contribution in [0.5, 0.6) is 0 Å². The van der Waals surface area contributed by atoms with Crippen molar-refractivity contribution in [3.63, 3.8) is 0 Å². The van der Waals surface area contributed by atoms with Gasteiger partial charge in [-0.2, -0.15) is 0 Å². The first-order chi connectivity index (χ1) is 7.20. The molecular weight excluding hydrogens is 196 g/mol. The molecule has 0 saturated heterocycles. The second-order valence-electron chi connectivity index (χ2n) is 2.66. The third-order valence-corrected chi connectivity index (χ3v) is 1.78. The lowest BCUT2D eigenvalue weighted by Gasteiger charge is -2.01. The third kappa shape index (κ3) is 2.36. The lowest BCUT2D eigenvalue weighted by Crippen LogP contribution is -2.11. The van der Waals surface area contributed by atoms with Crippen LogP contribution in [0.4, 0.5) is 0 Å². The van der Waals surface area contributed by atoms with E-state index in [4.69, 9.17) is 5.53 Å². The van der Waals surface area contributed by atoms with E-state index in [9.17, 15) is 9.59 Å². The van der Waals surface area contributed by atoms with Crippen molar-refractivity contribution in [1.29, 1.82) is 5.53 Å². The summed E-state index contributed by atoms with van der Waals surface area (Å²) in [6.45, 7) is 0. The number of methoxy groups -OCH3 is 1. The van der Waals surface area contributed by atoms with E-state index in [2.05, 4.69) is 9.53 Å². The molecule has 0 radical (unpaired) electrons. The van der Waals surface area contributed by atoms with Crippen LogP contribution in [0.25, 0.3) is 0 Å². The summed E-state index contributed by atoms with van der Waals surface area (Å²) < 4.78 is 4.52. The Bertz CT molecular complexity index is 448. The van der Waals surface area contributed by atoms with Gasteiger partial charge in [0.15, 0.2) is 0 Å². The van der Waals surface area contributed by atoms with Crippen LogP contribution >= 0.6 is 0 Å². The van der Waals surface area contributed by atoms with Gasteiger partial charge in [0.1, 0.15) is 0 Å². The molecule has 0 aliphatic heterocycles. The second-order valence-corrected chi connectivity index (χ2v) is 2.66. The lowest BCUT2D eigenvalue weighted by atomic mass is 10.0. The van der Waals surface area contributed by atoms with Gasteiger partial charge in [-0.1, -0.05) is 12.1 Å². The van der Waals surface area contributed by atoms with Gasteiger partial charge in [0.2, 0.25) is 0 Å². The van der Waals surface area contributed by atoms with E-state index in [1.54, 1.807) is 12.1 Å². The Hall–Kier alpha value is -2.26. The van der Waals surface area contributed by atoms with Gasteiger partial charge in [-0.25, -0.2) is 4.79 Å². The van der Waals surface area contributed by atoms with Gasteiger partial charge in [-0.15, -0.1) is 0 Å². The minimum atomic E-state index is -0.586. The highest BCUT2D eigenvalue weighted by atomic mass is 16.5. The van der Waals surface area contributed by atoms with Crippen molar-refractivity contribution in [2.24, 2.45) is 0 Å². The number of carbonyl (C=O) groups is 2. The molecule has 0 fully saturated rings. The molecule has 15 heavy (non-hydrogen) atoms. The van der Waals surface area contributed by atoms with Crippen LogP contribution < -0.4 is 0 Å². The van der Waals surface area contributed by atoms with Crippen molar-refractivity contribution in [3.8, 4) is 0 Å². The highest BCUT2D eigenvalue weighted by Crippen LogP contribution is 2.09. The van der Waals surface area contributed by atoms with E-state index in [-0.39, 0.29) is 11.1 Å². The molecule has 0 aliphatic rings. The normalized spacial score (nSPS) is 8.87. The predicted octanol–water partition coefficient (Wildman–Crippen LogP) is 0.966. The van der Waals surface area contributed by atoms with Crippen molar-refractivity contribution in [2.45, 2.75) is 0 Å². The largest absolute Gasteiger partial charge is 0.465 e. The van der Waals surface area contributed by atoms with Crippen LogP contribution in [0.2, 0.25) is 0 Å². The molecule has 1 rings (SSSR count). The van der Waals surface area contributed by atoms with Crippen LogP contribution in [-0.4, -0.2) is 29.9 Å². The Morgan fingerprint density at radius 2 is 1.93 bits per heavy atom. The van der Waals surface area contributed by atoms with Gasteiger partial charge in [-0.05, 0) is 12.1 Å². The standard InChI is InChI=1S/C10H9N2O3/c1-15-10(14)8-5-3-2-4-7(8)9(13)6-12-11/h2-6,11H,1H3/q+1. The molecule has 5 nitrogen and oxygen atoms in total. The number of carbonyl (C=O) groups excluding carboxylic acids is 2. The quantitative estimate of drug-likeness (QED) is 0.262. The Balaban J connectivity index is 3.23. The van der Waals surface area contributed by atoms with Gasteiger partial charge in [0, 0.05) is 5.56 Å². The molecule has 0 aromatic heterocycles. The average molecular weight is 205 g/mol. The number of Topliss-reactive ketones (excluding diaryl/α,β-unsaturated/α-hetero) is 1. The fourth-order valence-electron chi connectivity index (χ4n) is 1.11. The molecule has 0 saturated carbocycles. The topological polar surface area (TPSA) is 81.3 Å². The molecule has 0 aliphatic carbocycles. The zero-order valence-corrected chi connectivity index (χ0v) is 8.06. The van der Waals surface area contributed by atoms with E-state index in [1.165, 1.54) is 19.2 Å². The average Bonchev–Trinajstić information content (AvgIpc) is 2.28. The molecule has 5 heteroatoms. The van der Waals surface area contributed by atoms with E-state index < -0.39 is 11.8 Å². The molecule has 1 aromatic rings. The molecule has 76 valence electrons. The van der Waals surface area contributed by atoms with E-state index in [0.29, 0.717) is 0 Å². The Kier molecular flexibility index (Phi) is 3.49. The van der Waals surface area contributed by atoms with Crippen LogP contribution in [0.15, 0.2) is 24.3 Å². The molecule has 0 amide bonds. The maximum atomic E-state index is 11.4. The third-order valence-electron chi connectivity index (χ3n) is 1.78. The van der Waals surface area contributed by atoms with E-state index in [1.807, 2.05) is 0 Å². The first-order valence-electron chi connectivity index (χ1n) is 4.12. The maximum Gasteiger partial charge on any atom is 0.377 e. The molecule has 0 unspecified atom stereocenters. The van der Waals surface area contributed by atoms with Crippen molar-refractivity contribution in [3.05, 3.63) is 35.4 Å². The molecule has 0 bridgehead atoms.